The summed E-state index contributed by atoms with van der Waals surface area (Å²) in [6.07, 6.45) is 3.08. The molecule has 1 unspecified atom stereocenters. The van der Waals surface area contributed by atoms with E-state index in [1.807, 2.05) is 10.7 Å². The number of pyridine rings is 1. The van der Waals surface area contributed by atoms with Gasteiger partial charge in [0.05, 0.1) is 17.4 Å². The Labute approximate surface area is 159 Å². The zero-order valence-electron chi connectivity index (χ0n) is 16.0. The minimum Gasteiger partial charge on any atom is -0.356 e. The van der Waals surface area contributed by atoms with Gasteiger partial charge in [-0.15, -0.1) is 0 Å². The number of fused-ring (bicyclic) bond motifs is 1. The summed E-state index contributed by atoms with van der Waals surface area (Å²) < 4.78 is 1.82. The van der Waals surface area contributed by atoms with Crippen LogP contribution in [0.4, 0.5) is 5.69 Å². The van der Waals surface area contributed by atoms with Crippen LogP contribution in [0.3, 0.4) is 0 Å². The molecule has 2 atom stereocenters. The fraction of sp³-hybridized carbons (Fsp3) is 0.579. The van der Waals surface area contributed by atoms with Crippen molar-refractivity contribution in [1.29, 1.82) is 0 Å². The number of carbonyl (C=O) groups excluding carboxylic acids is 1. The van der Waals surface area contributed by atoms with Crippen LogP contribution in [0, 0.1) is 0 Å². The monoisotopic (exact) mass is 372 g/mol. The van der Waals surface area contributed by atoms with Crippen LogP contribution < -0.4 is 10.2 Å². The maximum atomic E-state index is 11.5. The van der Waals surface area contributed by atoms with Crippen LogP contribution in [0.5, 0.6) is 0 Å². The Kier molecular flexibility index (Phi) is 5.03. The molecule has 27 heavy (non-hydrogen) atoms. The summed E-state index contributed by atoms with van der Waals surface area (Å²) in [6.45, 7) is 10.3. The number of carbonyl (C=O) groups is 1. The summed E-state index contributed by atoms with van der Waals surface area (Å²) in [5.41, 5.74) is 3.02. The maximum Gasteiger partial charge on any atom is 0.225 e. The third-order valence-electron chi connectivity index (χ3n) is 5.70. The molecule has 0 saturated carbocycles. The Balaban J connectivity index is 1.53. The van der Waals surface area contributed by atoms with Crippen LogP contribution in [-0.2, 0) is 11.3 Å². The van der Waals surface area contributed by atoms with Gasteiger partial charge in [0.15, 0.2) is 0 Å². The van der Waals surface area contributed by atoms with Crippen molar-refractivity contribution in [1.82, 2.24) is 24.7 Å². The van der Waals surface area contributed by atoms with Gasteiger partial charge in [-0.05, 0) is 31.2 Å². The van der Waals surface area contributed by atoms with Crippen molar-refractivity contribution in [2.45, 2.75) is 39.2 Å². The predicted octanol–water partition coefficient (Wildman–Crippen LogP) is 0.463. The molecule has 2 aromatic heterocycles. The normalized spacial score (nSPS) is 25.1. The second-order valence-corrected chi connectivity index (χ2v) is 7.49. The average molecular weight is 372 g/mol. The Morgan fingerprint density at radius 2 is 2.19 bits per heavy atom. The van der Waals surface area contributed by atoms with Gasteiger partial charge in [0, 0.05) is 51.4 Å². The fourth-order valence-electron chi connectivity index (χ4n) is 4.16. The molecule has 4 rings (SSSR count). The number of hydrogen-bond donors (Lipinski definition) is 2. The summed E-state index contributed by atoms with van der Waals surface area (Å²) in [4.78, 5) is 18.3. The Bertz CT molecular complexity index is 822. The standard InChI is InChI=1S/C19H28N6O2/c1-3-23-9-8-22(12-14(23)2)13-15-4-7-25-16(10-15)17(11-20-25)24-6-5-18(26)21-19(24)27/h4,7,10-11,14,19,27H,3,5-6,8-9,12-13H2,1-2H3,(H,21,26)/t14-,19?/m0/s1. The predicted molar refractivity (Wildman–Crippen MR) is 103 cm³/mol. The average Bonchev–Trinajstić information content (AvgIpc) is 3.05. The van der Waals surface area contributed by atoms with Gasteiger partial charge in [-0.1, -0.05) is 6.92 Å². The number of nitrogens with zero attached hydrogens (tertiary/aromatic N) is 5. The van der Waals surface area contributed by atoms with Gasteiger partial charge in [0.25, 0.3) is 0 Å². The van der Waals surface area contributed by atoms with Crippen molar-refractivity contribution in [3.63, 3.8) is 0 Å². The highest BCUT2D eigenvalue weighted by atomic mass is 16.3. The Morgan fingerprint density at radius 1 is 1.33 bits per heavy atom. The van der Waals surface area contributed by atoms with E-state index in [4.69, 9.17) is 0 Å². The van der Waals surface area contributed by atoms with Crippen molar-refractivity contribution in [3.05, 3.63) is 30.1 Å². The van der Waals surface area contributed by atoms with Gasteiger partial charge < -0.3 is 15.3 Å². The first-order valence-electron chi connectivity index (χ1n) is 9.72. The summed E-state index contributed by atoms with van der Waals surface area (Å²) in [5, 5.41) is 17.2. The van der Waals surface area contributed by atoms with Crippen LogP contribution in [0.1, 0.15) is 25.8 Å². The molecule has 0 spiro atoms. The lowest BCUT2D eigenvalue weighted by Crippen LogP contribution is -2.54. The third kappa shape index (κ3) is 3.65. The molecule has 0 bridgehead atoms. The molecule has 146 valence electrons. The number of nitrogens with one attached hydrogen (secondary N) is 1. The molecule has 8 heteroatoms. The minimum absolute atomic E-state index is 0.128. The molecular weight excluding hydrogens is 344 g/mol. The van der Waals surface area contributed by atoms with Crippen molar-refractivity contribution < 1.29 is 9.90 Å². The zero-order valence-corrected chi connectivity index (χ0v) is 16.0. The molecule has 2 N–H and O–H groups in total. The SMILES string of the molecule is CCN1CCN(Cc2ccn3ncc(N4CCC(=O)NC4O)c3c2)C[C@@H]1C. The first kappa shape index (κ1) is 18.2. The van der Waals surface area contributed by atoms with E-state index in [0.717, 1.165) is 43.9 Å². The van der Waals surface area contributed by atoms with Gasteiger partial charge >= 0.3 is 0 Å². The number of aromatic nitrogens is 2. The van der Waals surface area contributed by atoms with Gasteiger partial charge in [-0.3, -0.25) is 14.6 Å². The van der Waals surface area contributed by atoms with Crippen LogP contribution in [-0.4, -0.2) is 75.5 Å². The first-order valence-corrected chi connectivity index (χ1v) is 9.72. The smallest absolute Gasteiger partial charge is 0.225 e. The number of likely N-dealkylation sites (N-methyl/N-ethyl adjacent to an activating group) is 1. The minimum atomic E-state index is -1.01. The number of aliphatic hydroxyl groups excluding tert-OH is 1. The highest BCUT2D eigenvalue weighted by Crippen LogP contribution is 2.25. The summed E-state index contributed by atoms with van der Waals surface area (Å²) in [5.74, 6) is -0.128. The van der Waals surface area contributed by atoms with E-state index in [1.54, 1.807) is 11.1 Å². The summed E-state index contributed by atoms with van der Waals surface area (Å²) >= 11 is 0. The number of hydrogen-bond acceptors (Lipinski definition) is 6. The molecule has 0 radical (unpaired) electrons. The van der Waals surface area contributed by atoms with E-state index in [9.17, 15) is 9.90 Å². The topological polar surface area (TPSA) is 76.4 Å². The number of piperazine rings is 1. The van der Waals surface area contributed by atoms with E-state index < -0.39 is 6.35 Å². The van der Waals surface area contributed by atoms with E-state index in [2.05, 4.69) is 46.2 Å². The first-order chi connectivity index (χ1) is 13.0. The summed E-state index contributed by atoms with van der Waals surface area (Å²) in [6, 6.07) is 4.82. The Hall–Kier alpha value is -2.16. The quantitative estimate of drug-likeness (QED) is 0.812. The molecule has 1 amide bonds. The van der Waals surface area contributed by atoms with E-state index in [0.29, 0.717) is 19.0 Å². The number of amides is 1. The number of aliphatic hydroxyl groups is 1. The largest absolute Gasteiger partial charge is 0.356 e. The maximum absolute atomic E-state index is 11.5. The molecule has 0 aliphatic carbocycles. The van der Waals surface area contributed by atoms with Gasteiger partial charge in [-0.25, -0.2) is 4.52 Å². The van der Waals surface area contributed by atoms with Crippen molar-refractivity contribution in [3.8, 4) is 0 Å². The van der Waals surface area contributed by atoms with E-state index >= 15 is 0 Å². The molecule has 2 fully saturated rings. The van der Waals surface area contributed by atoms with Gasteiger partial charge in [0.2, 0.25) is 12.3 Å². The fourth-order valence-corrected chi connectivity index (χ4v) is 4.16. The second-order valence-electron chi connectivity index (χ2n) is 7.49. The number of rotatable bonds is 4. The lowest BCUT2D eigenvalue weighted by molar-refractivity contribution is -0.125. The van der Waals surface area contributed by atoms with E-state index in [-0.39, 0.29) is 5.91 Å². The van der Waals surface area contributed by atoms with Gasteiger partial charge in [-0.2, -0.15) is 5.10 Å². The second kappa shape index (κ2) is 7.46. The molecule has 2 aromatic rings. The highest BCUT2D eigenvalue weighted by Gasteiger charge is 2.27. The van der Waals surface area contributed by atoms with Gasteiger partial charge in [0.1, 0.15) is 0 Å². The van der Waals surface area contributed by atoms with E-state index in [1.165, 1.54) is 5.56 Å². The molecule has 2 saturated heterocycles. The lowest BCUT2D eigenvalue weighted by Gasteiger charge is -2.39. The highest BCUT2D eigenvalue weighted by molar-refractivity contribution is 5.81. The molecule has 4 heterocycles. The molecule has 0 aromatic carbocycles. The van der Waals surface area contributed by atoms with Crippen LogP contribution >= 0.6 is 0 Å². The van der Waals surface area contributed by atoms with Crippen LogP contribution in [0.2, 0.25) is 0 Å². The van der Waals surface area contributed by atoms with Crippen LogP contribution in [0.15, 0.2) is 24.5 Å². The van der Waals surface area contributed by atoms with Crippen molar-refractivity contribution in [2.75, 3.05) is 37.6 Å². The molecule has 2 aliphatic heterocycles. The van der Waals surface area contributed by atoms with Crippen molar-refractivity contribution in [2.24, 2.45) is 0 Å². The van der Waals surface area contributed by atoms with Crippen LogP contribution in [0.25, 0.3) is 5.52 Å². The third-order valence-corrected chi connectivity index (χ3v) is 5.70. The Morgan fingerprint density at radius 3 is 2.93 bits per heavy atom. The summed E-state index contributed by atoms with van der Waals surface area (Å²) in [7, 11) is 0. The van der Waals surface area contributed by atoms with Crippen molar-refractivity contribution >= 4 is 17.1 Å². The molecule has 8 nitrogen and oxygen atoms in total. The molecule has 2 aliphatic rings. The number of anilines is 1. The lowest BCUT2D eigenvalue weighted by atomic mass is 10.1. The molecular formula is C19H28N6O2. The zero-order chi connectivity index (χ0) is 19.0.